The topological polar surface area (TPSA) is 12.0 Å². The first-order valence-corrected chi connectivity index (χ1v) is 21.5. The van der Waals surface area contributed by atoms with E-state index in [1.807, 2.05) is 0 Å². The van der Waals surface area contributed by atoms with E-state index in [0.29, 0.717) is 11.8 Å². The summed E-state index contributed by atoms with van der Waals surface area (Å²) in [5.41, 5.74) is 4.28. The Labute approximate surface area is 263 Å². The Morgan fingerprint density at radius 1 is 0.465 bits per heavy atom. The average molecular weight is 618 g/mol. The molecule has 0 aliphatic carbocycles. The number of hydrogen-bond acceptors (Lipinski definition) is 1. The molecule has 43 heavy (non-hydrogen) atoms. The zero-order valence-corrected chi connectivity index (χ0v) is 29.0. The minimum Gasteiger partial charge on any atom is -0.409 e. The second-order valence-corrected chi connectivity index (χ2v) is 22.0. The maximum atomic E-state index is 4.47. The van der Waals surface area contributed by atoms with Crippen LogP contribution in [0, 0.1) is 0 Å². The van der Waals surface area contributed by atoms with Gasteiger partial charge in [-0.15, -0.1) is 0 Å². The van der Waals surface area contributed by atoms with Crippen molar-refractivity contribution in [1.29, 1.82) is 0 Å². The smallest absolute Gasteiger partial charge is 0.160 e. The van der Waals surface area contributed by atoms with Crippen molar-refractivity contribution in [3.63, 3.8) is 0 Å². The van der Waals surface area contributed by atoms with E-state index in [9.17, 15) is 0 Å². The van der Waals surface area contributed by atoms with Crippen molar-refractivity contribution in [2.75, 3.05) is 16.6 Å². The molecule has 0 aromatic heterocycles. The lowest BCUT2D eigenvalue weighted by Gasteiger charge is -2.38. The van der Waals surface area contributed by atoms with E-state index < -0.39 is 24.1 Å². The van der Waals surface area contributed by atoms with Crippen LogP contribution in [0.25, 0.3) is 0 Å². The van der Waals surface area contributed by atoms with Gasteiger partial charge in [0.1, 0.15) is 0 Å². The molecule has 5 rings (SSSR count). The molecular formula is C39H45NP2Si. The third-order valence-corrected chi connectivity index (χ3v) is 20.7. The second kappa shape index (κ2) is 14.6. The largest absolute Gasteiger partial charge is 0.409 e. The van der Waals surface area contributed by atoms with Gasteiger partial charge >= 0.3 is 0 Å². The van der Waals surface area contributed by atoms with E-state index in [1.165, 1.54) is 49.6 Å². The summed E-state index contributed by atoms with van der Waals surface area (Å²) < 4.78 is 0. The zero-order valence-electron chi connectivity index (χ0n) is 26.2. The summed E-state index contributed by atoms with van der Waals surface area (Å²) in [7, 11) is -3.28. The van der Waals surface area contributed by atoms with Crippen molar-refractivity contribution < 1.29 is 0 Å². The van der Waals surface area contributed by atoms with Gasteiger partial charge in [-0.3, -0.25) is 0 Å². The molecule has 0 unspecified atom stereocenters. The van der Waals surface area contributed by atoms with Gasteiger partial charge in [-0.25, -0.2) is 0 Å². The Kier molecular flexibility index (Phi) is 10.7. The lowest BCUT2D eigenvalue weighted by molar-refractivity contribution is 0.839. The maximum absolute atomic E-state index is 4.47. The van der Waals surface area contributed by atoms with Gasteiger partial charge in [-0.1, -0.05) is 174 Å². The highest BCUT2D eigenvalue weighted by Crippen LogP contribution is 2.44. The van der Waals surface area contributed by atoms with Gasteiger partial charge in [0.2, 0.25) is 0 Å². The van der Waals surface area contributed by atoms with Crippen LogP contribution in [0.2, 0.25) is 6.55 Å². The first kappa shape index (κ1) is 31.4. The number of hydrogen-bond donors (Lipinski definition) is 1. The van der Waals surface area contributed by atoms with Crippen molar-refractivity contribution in [3.8, 4) is 0 Å². The third kappa shape index (κ3) is 7.93. The van der Waals surface area contributed by atoms with Crippen LogP contribution in [0.5, 0.6) is 0 Å². The van der Waals surface area contributed by atoms with Gasteiger partial charge < -0.3 is 4.98 Å². The zero-order chi connectivity index (χ0) is 30.2. The van der Waals surface area contributed by atoms with Gasteiger partial charge in [-0.05, 0) is 71.6 Å². The van der Waals surface area contributed by atoms with Crippen molar-refractivity contribution in [2.45, 2.75) is 46.1 Å². The SMILES string of the molecule is CC(C)c1cccc(C(C)C)c1N[Si](C)(CP(c1ccccc1)c1ccccc1)CP(c1ccccc1)c1ccccc1. The van der Waals surface area contributed by atoms with E-state index in [2.05, 4.69) is 179 Å². The maximum Gasteiger partial charge on any atom is 0.160 e. The molecule has 0 aliphatic heterocycles. The number of benzene rings is 5. The van der Waals surface area contributed by atoms with Crippen molar-refractivity contribution in [2.24, 2.45) is 0 Å². The number of para-hydroxylation sites is 1. The molecule has 1 N–H and O–H groups in total. The van der Waals surface area contributed by atoms with E-state index in [0.717, 1.165) is 0 Å². The standard InChI is InChI=1S/C39H45NP2Si/c1-31(2)37-27-18-28-38(32(3)4)39(37)40-43(5,29-41(33-19-10-6-11-20-33)34-21-12-7-13-22-34)30-42(35-23-14-8-15-24-35)36-25-16-9-17-26-36/h6-28,31-32,40H,29-30H2,1-5H3. The predicted molar refractivity (Wildman–Crippen MR) is 198 cm³/mol. The molecule has 0 saturated carbocycles. The van der Waals surface area contributed by atoms with Gasteiger partial charge in [-0.2, -0.15) is 0 Å². The van der Waals surface area contributed by atoms with Gasteiger partial charge in [0.15, 0.2) is 8.24 Å². The molecule has 0 radical (unpaired) electrons. The van der Waals surface area contributed by atoms with Crippen LogP contribution in [0.1, 0.15) is 50.7 Å². The molecule has 0 aliphatic rings. The van der Waals surface area contributed by atoms with E-state index in [1.54, 1.807) is 0 Å². The molecule has 0 saturated heterocycles. The highest BCUT2D eigenvalue weighted by Gasteiger charge is 2.37. The number of rotatable bonds is 12. The summed E-state index contributed by atoms with van der Waals surface area (Å²) in [4.78, 5) is 4.47. The summed E-state index contributed by atoms with van der Waals surface area (Å²) >= 11 is 0. The van der Waals surface area contributed by atoms with E-state index in [-0.39, 0.29) is 0 Å². The van der Waals surface area contributed by atoms with Gasteiger partial charge in [0.05, 0.1) is 0 Å². The lowest BCUT2D eigenvalue weighted by Crippen LogP contribution is -2.51. The molecule has 220 valence electrons. The van der Waals surface area contributed by atoms with Crippen LogP contribution in [-0.2, 0) is 0 Å². The molecule has 0 spiro atoms. The summed E-state index contributed by atoms with van der Waals surface area (Å²) in [5, 5.41) is 5.87. The predicted octanol–water partition coefficient (Wildman–Crippen LogP) is 9.26. The highest BCUT2D eigenvalue weighted by atomic mass is 31.1. The first-order valence-electron chi connectivity index (χ1n) is 15.5. The number of nitrogens with one attached hydrogen (secondary N) is 1. The molecular weight excluding hydrogens is 572 g/mol. The molecule has 0 amide bonds. The molecule has 0 atom stereocenters. The highest BCUT2D eigenvalue weighted by molar-refractivity contribution is 7.78. The van der Waals surface area contributed by atoms with Crippen LogP contribution in [0.4, 0.5) is 5.69 Å². The Morgan fingerprint density at radius 2 is 0.767 bits per heavy atom. The fourth-order valence-corrected chi connectivity index (χ4v) is 20.0. The molecule has 0 fully saturated rings. The van der Waals surface area contributed by atoms with Crippen molar-refractivity contribution >= 4 is 51.0 Å². The third-order valence-electron chi connectivity index (χ3n) is 8.09. The Hall–Kier alpha value is -3.02. The molecule has 5 aromatic carbocycles. The van der Waals surface area contributed by atoms with E-state index in [4.69, 9.17) is 0 Å². The minimum atomic E-state index is -2.19. The van der Waals surface area contributed by atoms with Crippen LogP contribution in [0.15, 0.2) is 140 Å². The van der Waals surface area contributed by atoms with Crippen LogP contribution in [-0.4, -0.2) is 19.8 Å². The molecule has 5 aromatic rings. The summed E-state index contributed by atoms with van der Waals surface area (Å²) in [6.45, 7) is 12.0. The van der Waals surface area contributed by atoms with Crippen molar-refractivity contribution in [3.05, 3.63) is 151 Å². The summed E-state index contributed by atoms with van der Waals surface area (Å²) in [5.74, 6) is 3.26. The average Bonchev–Trinajstić information content (AvgIpc) is 3.04. The monoisotopic (exact) mass is 617 g/mol. The van der Waals surface area contributed by atoms with Crippen molar-refractivity contribution in [1.82, 2.24) is 0 Å². The molecule has 0 bridgehead atoms. The molecule has 0 heterocycles. The summed E-state index contributed by atoms with van der Waals surface area (Å²) in [6, 6.07) is 52.1. The fourth-order valence-electron chi connectivity index (χ4n) is 5.92. The first-order chi connectivity index (χ1) is 20.8. The van der Waals surface area contributed by atoms with Crippen LogP contribution in [0.3, 0.4) is 0 Å². The van der Waals surface area contributed by atoms with Crippen LogP contribution < -0.4 is 26.2 Å². The normalized spacial score (nSPS) is 11.9. The Morgan fingerprint density at radius 3 is 1.05 bits per heavy atom. The quantitative estimate of drug-likeness (QED) is 0.109. The Bertz CT molecular complexity index is 1370. The van der Waals surface area contributed by atoms with E-state index >= 15 is 0 Å². The second-order valence-electron chi connectivity index (χ2n) is 12.3. The van der Waals surface area contributed by atoms with Gasteiger partial charge in [0.25, 0.3) is 0 Å². The summed E-state index contributed by atoms with van der Waals surface area (Å²) in [6.07, 6.45) is 0. The molecule has 4 heteroatoms. The minimum absolute atomic E-state index is 0.453. The number of anilines is 1. The fraction of sp³-hybridized carbons (Fsp3) is 0.231. The van der Waals surface area contributed by atoms with Crippen LogP contribution >= 0.6 is 15.8 Å². The van der Waals surface area contributed by atoms with Gasteiger partial charge in [0, 0.05) is 5.69 Å². The lowest BCUT2D eigenvalue weighted by atomic mass is 9.93. The Balaban J connectivity index is 1.67. The molecule has 1 nitrogen and oxygen atoms in total.